The van der Waals surface area contributed by atoms with E-state index in [4.69, 9.17) is 5.26 Å². The highest BCUT2D eigenvalue weighted by molar-refractivity contribution is 7.98. The fraction of sp³-hybridized carbons (Fsp3) is 0.545. The molecule has 92 valence electrons. The molecule has 0 unspecified atom stereocenters. The van der Waals surface area contributed by atoms with Gasteiger partial charge in [0.25, 0.3) is 0 Å². The van der Waals surface area contributed by atoms with Gasteiger partial charge in [0.2, 0.25) is 0 Å². The molecule has 0 aliphatic carbocycles. The molecule has 1 aromatic rings. The quantitative estimate of drug-likeness (QED) is 0.616. The average Bonchev–Trinajstić information content (AvgIpc) is 2.39. The number of hydrogen-bond donors (Lipinski definition) is 1. The molecule has 1 rings (SSSR count). The maximum absolute atomic E-state index is 8.63. The number of anilines is 2. The topological polar surface area (TPSA) is 64.8 Å². The Balaban J connectivity index is 2.97. The second kappa shape index (κ2) is 6.97. The second-order valence-corrected chi connectivity index (χ2v) is 4.11. The molecular weight excluding hydrogens is 234 g/mol. The lowest BCUT2D eigenvalue weighted by molar-refractivity contribution is 0.792. The van der Waals surface area contributed by atoms with Crippen LogP contribution in [0.15, 0.2) is 11.2 Å². The van der Waals surface area contributed by atoms with Gasteiger partial charge in [0.05, 0.1) is 12.5 Å². The number of nitriles is 1. The van der Waals surface area contributed by atoms with Crippen LogP contribution < -0.4 is 10.2 Å². The van der Waals surface area contributed by atoms with Crippen LogP contribution in [0.25, 0.3) is 0 Å². The Hall–Kier alpha value is -1.48. The van der Waals surface area contributed by atoms with Crippen LogP contribution in [-0.4, -0.2) is 36.4 Å². The summed E-state index contributed by atoms with van der Waals surface area (Å²) >= 11 is 1.51. The molecule has 6 heteroatoms. The van der Waals surface area contributed by atoms with Gasteiger partial charge in [-0.15, -0.1) is 0 Å². The molecule has 1 N–H and O–H groups in total. The van der Waals surface area contributed by atoms with E-state index < -0.39 is 0 Å². The van der Waals surface area contributed by atoms with E-state index >= 15 is 0 Å². The minimum Gasteiger partial charge on any atom is -0.373 e. The first-order chi connectivity index (χ1) is 8.24. The van der Waals surface area contributed by atoms with Gasteiger partial charge < -0.3 is 10.2 Å². The van der Waals surface area contributed by atoms with Crippen LogP contribution in [-0.2, 0) is 0 Å². The second-order valence-electron chi connectivity index (χ2n) is 3.34. The molecule has 0 saturated heterocycles. The van der Waals surface area contributed by atoms with E-state index in [1.165, 1.54) is 11.8 Å². The van der Waals surface area contributed by atoms with Gasteiger partial charge in [-0.1, -0.05) is 11.8 Å². The van der Waals surface area contributed by atoms with E-state index in [1.54, 1.807) is 0 Å². The summed E-state index contributed by atoms with van der Waals surface area (Å²) in [6.45, 7) is 3.58. The molecule has 0 bridgehead atoms. The van der Waals surface area contributed by atoms with E-state index in [0.717, 1.165) is 23.3 Å². The minimum atomic E-state index is 0.501. The van der Waals surface area contributed by atoms with Crippen molar-refractivity contribution in [1.29, 1.82) is 5.26 Å². The van der Waals surface area contributed by atoms with Crippen molar-refractivity contribution < 1.29 is 0 Å². The molecule has 0 atom stereocenters. The monoisotopic (exact) mass is 251 g/mol. The van der Waals surface area contributed by atoms with Gasteiger partial charge in [-0.2, -0.15) is 5.26 Å². The molecule has 0 spiro atoms. The van der Waals surface area contributed by atoms with Gasteiger partial charge in [-0.05, 0) is 13.2 Å². The van der Waals surface area contributed by atoms with Crippen molar-refractivity contribution in [3.05, 3.63) is 6.07 Å². The predicted octanol–water partition coefficient (Wildman–Crippen LogP) is 1.98. The van der Waals surface area contributed by atoms with E-state index in [9.17, 15) is 0 Å². The highest BCUT2D eigenvalue weighted by atomic mass is 32.2. The number of aromatic nitrogens is 2. The number of rotatable bonds is 6. The zero-order valence-electron chi connectivity index (χ0n) is 10.4. The Labute approximate surface area is 106 Å². The highest BCUT2D eigenvalue weighted by Crippen LogP contribution is 2.20. The molecular formula is C11H17N5S. The Morgan fingerprint density at radius 2 is 2.29 bits per heavy atom. The lowest BCUT2D eigenvalue weighted by atomic mass is 10.4. The minimum absolute atomic E-state index is 0.501. The molecule has 0 aliphatic heterocycles. The Morgan fingerprint density at radius 1 is 1.53 bits per heavy atom. The summed E-state index contributed by atoms with van der Waals surface area (Å²) in [5, 5.41) is 12.4. The molecule has 0 radical (unpaired) electrons. The van der Waals surface area contributed by atoms with Crippen LogP contribution in [0.4, 0.5) is 11.6 Å². The normalized spacial score (nSPS) is 9.76. The zero-order chi connectivity index (χ0) is 12.7. The maximum Gasteiger partial charge on any atom is 0.191 e. The highest BCUT2D eigenvalue weighted by Gasteiger charge is 2.09. The Kier molecular flexibility index (Phi) is 5.57. The van der Waals surface area contributed by atoms with Crippen molar-refractivity contribution in [2.45, 2.75) is 18.5 Å². The summed E-state index contributed by atoms with van der Waals surface area (Å²) < 4.78 is 0. The summed E-state index contributed by atoms with van der Waals surface area (Å²) in [5.41, 5.74) is 0. The first-order valence-electron chi connectivity index (χ1n) is 5.47. The van der Waals surface area contributed by atoms with E-state index in [2.05, 4.69) is 33.2 Å². The standard InChI is InChI=1S/C11H17N5S/c1-4-16(7-5-6-12)10-8-9(13-2)14-11(15-10)17-3/h8H,4-5,7H2,1-3H3,(H,13,14,15). The van der Waals surface area contributed by atoms with Crippen LogP contribution in [0, 0.1) is 11.3 Å². The van der Waals surface area contributed by atoms with Crippen LogP contribution >= 0.6 is 11.8 Å². The van der Waals surface area contributed by atoms with Gasteiger partial charge in [-0.25, -0.2) is 9.97 Å². The van der Waals surface area contributed by atoms with Crippen molar-refractivity contribution in [3.63, 3.8) is 0 Å². The zero-order valence-corrected chi connectivity index (χ0v) is 11.2. The largest absolute Gasteiger partial charge is 0.373 e. The number of hydrogen-bond acceptors (Lipinski definition) is 6. The summed E-state index contributed by atoms with van der Waals surface area (Å²) in [4.78, 5) is 10.8. The van der Waals surface area contributed by atoms with Crippen LogP contribution in [0.5, 0.6) is 0 Å². The van der Waals surface area contributed by atoms with E-state index in [0.29, 0.717) is 13.0 Å². The number of nitrogens with one attached hydrogen (secondary N) is 1. The van der Waals surface area contributed by atoms with Crippen molar-refractivity contribution in [2.24, 2.45) is 0 Å². The SMILES string of the molecule is CCN(CCC#N)c1cc(NC)nc(SC)n1. The smallest absolute Gasteiger partial charge is 0.191 e. The molecule has 0 amide bonds. The molecule has 5 nitrogen and oxygen atoms in total. The maximum atomic E-state index is 8.63. The Bertz CT molecular complexity index is 379. The molecule has 1 heterocycles. The summed E-state index contributed by atoms with van der Waals surface area (Å²) in [5.74, 6) is 1.67. The van der Waals surface area contributed by atoms with E-state index in [1.807, 2.05) is 19.4 Å². The third-order valence-corrected chi connectivity index (χ3v) is 2.88. The van der Waals surface area contributed by atoms with E-state index in [-0.39, 0.29) is 0 Å². The molecule has 0 aromatic carbocycles. The fourth-order valence-corrected chi connectivity index (χ4v) is 1.79. The number of thioether (sulfide) groups is 1. The van der Waals surface area contributed by atoms with Gasteiger partial charge >= 0.3 is 0 Å². The lowest BCUT2D eigenvalue weighted by Gasteiger charge is -2.21. The fourth-order valence-electron chi connectivity index (χ4n) is 1.41. The van der Waals surface area contributed by atoms with Crippen LogP contribution in [0.3, 0.4) is 0 Å². The van der Waals surface area contributed by atoms with Crippen molar-refractivity contribution in [1.82, 2.24) is 9.97 Å². The van der Waals surface area contributed by atoms with Crippen molar-refractivity contribution in [2.75, 3.05) is 36.6 Å². The van der Waals surface area contributed by atoms with Crippen LogP contribution in [0.2, 0.25) is 0 Å². The predicted molar refractivity (Wildman–Crippen MR) is 71.5 cm³/mol. The summed E-state index contributed by atoms with van der Waals surface area (Å²) in [6, 6.07) is 4.06. The molecule has 1 aromatic heterocycles. The van der Waals surface area contributed by atoms with Gasteiger partial charge in [0.1, 0.15) is 11.6 Å². The summed E-state index contributed by atoms with van der Waals surface area (Å²) in [7, 11) is 1.84. The van der Waals surface area contributed by atoms with Gasteiger partial charge in [-0.3, -0.25) is 0 Å². The third-order valence-electron chi connectivity index (χ3n) is 2.33. The van der Waals surface area contributed by atoms with Gasteiger partial charge in [0.15, 0.2) is 5.16 Å². The number of nitrogens with zero attached hydrogens (tertiary/aromatic N) is 4. The lowest BCUT2D eigenvalue weighted by Crippen LogP contribution is -2.25. The molecule has 17 heavy (non-hydrogen) atoms. The van der Waals surface area contributed by atoms with Crippen molar-refractivity contribution >= 4 is 23.4 Å². The summed E-state index contributed by atoms with van der Waals surface area (Å²) in [6.07, 6.45) is 2.45. The average molecular weight is 251 g/mol. The first kappa shape index (κ1) is 13.6. The Morgan fingerprint density at radius 3 is 2.82 bits per heavy atom. The third kappa shape index (κ3) is 3.79. The van der Waals surface area contributed by atoms with Crippen molar-refractivity contribution in [3.8, 4) is 6.07 Å². The molecule has 0 fully saturated rings. The van der Waals surface area contributed by atoms with Gasteiger partial charge in [0, 0.05) is 26.2 Å². The molecule has 0 aliphatic rings. The van der Waals surface area contributed by atoms with Crippen LogP contribution in [0.1, 0.15) is 13.3 Å². The first-order valence-corrected chi connectivity index (χ1v) is 6.70. The molecule has 0 saturated carbocycles.